The van der Waals surface area contributed by atoms with Crippen molar-refractivity contribution in [3.8, 4) is 0 Å². The predicted molar refractivity (Wildman–Crippen MR) is 116 cm³/mol. The van der Waals surface area contributed by atoms with E-state index in [0.29, 0.717) is 12.0 Å². The van der Waals surface area contributed by atoms with Crippen molar-refractivity contribution in [2.45, 2.75) is 91.1 Å². The van der Waals surface area contributed by atoms with Crippen LogP contribution in [0.25, 0.3) is 0 Å². The molecule has 7 atom stereocenters. The molecule has 0 bridgehead atoms. The van der Waals surface area contributed by atoms with E-state index in [-0.39, 0.29) is 11.5 Å². The quantitative estimate of drug-likeness (QED) is 0.536. The third-order valence-corrected chi connectivity index (χ3v) is 9.77. The van der Waals surface area contributed by atoms with Gasteiger partial charge in [-0.2, -0.15) is 0 Å². The number of rotatable bonds is 4. The molecule has 4 aliphatic carbocycles. The highest BCUT2D eigenvalue weighted by atomic mass is 16.6. The molecule has 4 fully saturated rings. The minimum absolute atomic E-state index is 0.0719. The summed E-state index contributed by atoms with van der Waals surface area (Å²) in [6, 6.07) is 1.96. The Bertz CT molecular complexity index is 804. The maximum absolute atomic E-state index is 10.6. The van der Waals surface area contributed by atoms with Crippen LogP contribution < -0.4 is 0 Å². The molecule has 1 heterocycles. The molecule has 5 heteroatoms. The van der Waals surface area contributed by atoms with Crippen molar-refractivity contribution >= 4 is 5.71 Å². The zero-order valence-corrected chi connectivity index (χ0v) is 18.9. The van der Waals surface area contributed by atoms with Gasteiger partial charge < -0.3 is 14.5 Å². The van der Waals surface area contributed by atoms with E-state index in [1.54, 1.807) is 0 Å². The molecule has 4 aliphatic rings. The van der Waals surface area contributed by atoms with Gasteiger partial charge in [0.25, 0.3) is 0 Å². The monoisotopic (exact) mass is 414 g/mol. The number of aliphatic hydroxyl groups excluding tert-OH is 1. The van der Waals surface area contributed by atoms with Crippen LogP contribution in [0.15, 0.2) is 15.7 Å². The summed E-state index contributed by atoms with van der Waals surface area (Å²) in [7, 11) is 0. The number of hydrogen-bond acceptors (Lipinski definition) is 5. The molecule has 4 saturated carbocycles. The molecule has 30 heavy (non-hydrogen) atoms. The summed E-state index contributed by atoms with van der Waals surface area (Å²) >= 11 is 0. The lowest BCUT2D eigenvalue weighted by Gasteiger charge is -2.60. The van der Waals surface area contributed by atoms with E-state index >= 15 is 0 Å². The molecule has 0 amide bonds. The predicted octanol–water partition coefficient (Wildman–Crippen LogP) is 5.30. The van der Waals surface area contributed by atoms with Gasteiger partial charge in [-0.25, -0.2) is 0 Å². The average Bonchev–Trinajstić information content (AvgIpc) is 3.28. The Hall–Kier alpha value is -1.36. The Morgan fingerprint density at radius 1 is 1.13 bits per heavy atom. The van der Waals surface area contributed by atoms with Crippen LogP contribution in [0.1, 0.15) is 83.1 Å². The van der Waals surface area contributed by atoms with Gasteiger partial charge in [0.15, 0.2) is 0 Å². The lowest BCUT2D eigenvalue weighted by atomic mass is 9.45. The fourth-order valence-corrected chi connectivity index (χ4v) is 7.94. The molecule has 1 aromatic rings. The number of aliphatic hydroxyl groups is 1. The van der Waals surface area contributed by atoms with Crippen LogP contribution in [-0.4, -0.2) is 28.7 Å². The van der Waals surface area contributed by atoms with E-state index in [4.69, 9.17) is 9.36 Å². The molecule has 0 aliphatic heterocycles. The molecule has 0 aromatic carbocycles. The lowest BCUT2D eigenvalue weighted by molar-refractivity contribution is -0.112. The van der Waals surface area contributed by atoms with E-state index in [1.807, 2.05) is 13.0 Å². The van der Waals surface area contributed by atoms with E-state index in [0.717, 1.165) is 60.8 Å². The maximum Gasteiger partial charge on any atom is 0.133 e. The van der Waals surface area contributed by atoms with Crippen molar-refractivity contribution in [1.82, 2.24) is 5.16 Å². The van der Waals surface area contributed by atoms with Crippen LogP contribution in [0.2, 0.25) is 0 Å². The highest BCUT2D eigenvalue weighted by molar-refractivity contribution is 5.85. The van der Waals surface area contributed by atoms with Crippen molar-refractivity contribution in [2.75, 3.05) is 6.61 Å². The van der Waals surface area contributed by atoms with Crippen molar-refractivity contribution < 1.29 is 14.5 Å². The summed E-state index contributed by atoms with van der Waals surface area (Å²) < 4.78 is 5.11. The molecule has 0 radical (unpaired) electrons. The van der Waals surface area contributed by atoms with E-state index < -0.39 is 0 Å². The van der Waals surface area contributed by atoms with E-state index in [9.17, 15) is 5.11 Å². The topological polar surface area (TPSA) is 67.8 Å². The second-order valence-electron chi connectivity index (χ2n) is 11.2. The Labute approximate surface area is 180 Å². The minimum atomic E-state index is -0.0719. The molecule has 6 unspecified atom stereocenters. The molecule has 166 valence electrons. The number of oxime groups is 1. The van der Waals surface area contributed by atoms with Crippen LogP contribution >= 0.6 is 0 Å². The first kappa shape index (κ1) is 20.5. The fourth-order valence-electron chi connectivity index (χ4n) is 7.94. The molecule has 0 saturated heterocycles. The number of aromatic nitrogens is 1. The zero-order chi connectivity index (χ0) is 20.9. The van der Waals surface area contributed by atoms with Gasteiger partial charge in [0, 0.05) is 12.5 Å². The van der Waals surface area contributed by atoms with Gasteiger partial charge in [-0.15, -0.1) is 0 Å². The van der Waals surface area contributed by atoms with Gasteiger partial charge in [-0.05, 0) is 99.2 Å². The normalized spacial score (nSPS) is 44.4. The summed E-state index contributed by atoms with van der Waals surface area (Å²) in [5.74, 6) is 3.97. The van der Waals surface area contributed by atoms with Crippen molar-refractivity contribution in [3.05, 3.63) is 17.5 Å². The number of fused-ring (bicyclic) bond motifs is 5. The highest BCUT2D eigenvalue weighted by Crippen LogP contribution is 2.65. The third-order valence-electron chi connectivity index (χ3n) is 9.77. The largest absolute Gasteiger partial charge is 0.395 e. The van der Waals surface area contributed by atoms with Crippen LogP contribution in [0.5, 0.6) is 0 Å². The summed E-state index contributed by atoms with van der Waals surface area (Å²) in [6.07, 6.45) is 11.5. The summed E-state index contributed by atoms with van der Waals surface area (Å²) in [5, 5.41) is 19.2. The summed E-state index contributed by atoms with van der Waals surface area (Å²) in [4.78, 5) is 5.67. The number of hydrogen-bond donors (Lipinski definition) is 1. The number of aryl methyl sites for hydroxylation is 1. The fraction of sp³-hybridized carbons (Fsp3) is 0.840. The molecular weight excluding hydrogens is 376 g/mol. The highest BCUT2D eigenvalue weighted by Gasteiger charge is 2.59. The van der Waals surface area contributed by atoms with Gasteiger partial charge in [0.2, 0.25) is 0 Å². The van der Waals surface area contributed by atoms with Gasteiger partial charge in [0.05, 0.1) is 17.5 Å². The van der Waals surface area contributed by atoms with E-state index in [1.165, 1.54) is 44.2 Å². The Balaban J connectivity index is 1.21. The van der Waals surface area contributed by atoms with E-state index in [2.05, 4.69) is 24.2 Å². The van der Waals surface area contributed by atoms with Gasteiger partial charge in [-0.3, -0.25) is 0 Å². The average molecular weight is 415 g/mol. The Kier molecular flexibility index (Phi) is 5.24. The second-order valence-corrected chi connectivity index (χ2v) is 11.2. The molecule has 5 nitrogen and oxygen atoms in total. The van der Waals surface area contributed by atoms with Gasteiger partial charge >= 0.3 is 0 Å². The third kappa shape index (κ3) is 3.32. The van der Waals surface area contributed by atoms with Crippen LogP contribution in [0.4, 0.5) is 0 Å². The first-order valence-corrected chi connectivity index (χ1v) is 12.2. The second kappa shape index (κ2) is 7.65. The minimum Gasteiger partial charge on any atom is -0.395 e. The molecule has 1 aromatic heterocycles. The van der Waals surface area contributed by atoms with Crippen molar-refractivity contribution in [1.29, 1.82) is 0 Å². The van der Waals surface area contributed by atoms with Gasteiger partial charge in [-0.1, -0.05) is 24.2 Å². The first-order chi connectivity index (χ1) is 14.4. The molecule has 0 spiro atoms. The van der Waals surface area contributed by atoms with Crippen LogP contribution in [0, 0.1) is 41.4 Å². The van der Waals surface area contributed by atoms with Crippen LogP contribution in [0.3, 0.4) is 0 Å². The lowest BCUT2D eigenvalue weighted by Crippen LogP contribution is -2.54. The molecule has 5 rings (SSSR count). The summed E-state index contributed by atoms with van der Waals surface area (Å²) in [5.41, 5.74) is 2.81. The zero-order valence-electron chi connectivity index (χ0n) is 18.9. The smallest absolute Gasteiger partial charge is 0.133 e. The standard InChI is InChI=1S/C25H38N2O3/c1-16-14-19(27-30-16)10-13-29-26-18-8-11-24(2)17(15-18)4-5-20-21-6-7-23(28)25(21,3)12-9-22(20)24/h14,17,20-23,28H,4-13,15H2,1-3H3/t17?,20?,21?,22-,23?,24?,25?/m0/s1. The summed E-state index contributed by atoms with van der Waals surface area (Å²) in [6.45, 7) is 7.42. The maximum atomic E-state index is 10.6. The number of nitrogens with zero attached hydrogens (tertiary/aromatic N) is 2. The Morgan fingerprint density at radius 3 is 2.77 bits per heavy atom. The first-order valence-electron chi connectivity index (χ1n) is 12.2. The van der Waals surface area contributed by atoms with Gasteiger partial charge in [0.1, 0.15) is 12.4 Å². The Morgan fingerprint density at radius 2 is 1.97 bits per heavy atom. The SMILES string of the molecule is Cc1cc(CCON=C2CCC3(C)C(CCC4C5CCC(O)C5(C)CC[C@@H]43)C2)no1. The van der Waals surface area contributed by atoms with Crippen molar-refractivity contribution in [3.63, 3.8) is 0 Å². The van der Waals surface area contributed by atoms with Crippen molar-refractivity contribution in [2.24, 2.45) is 39.7 Å². The van der Waals surface area contributed by atoms with Crippen LogP contribution in [-0.2, 0) is 11.3 Å². The molecule has 1 N–H and O–H groups in total. The molecular formula is C25H38N2O3.